The van der Waals surface area contributed by atoms with E-state index in [4.69, 9.17) is 9.47 Å². The van der Waals surface area contributed by atoms with E-state index in [9.17, 15) is 4.79 Å². The van der Waals surface area contributed by atoms with Crippen molar-refractivity contribution in [3.05, 3.63) is 53.6 Å². The summed E-state index contributed by atoms with van der Waals surface area (Å²) in [6.45, 7) is 5.92. The van der Waals surface area contributed by atoms with Gasteiger partial charge >= 0.3 is 0 Å². The maximum Gasteiger partial charge on any atom is 0.238 e. The molecule has 1 amide bonds. The molecular formula is C22H27N3O3. The van der Waals surface area contributed by atoms with Gasteiger partial charge < -0.3 is 14.8 Å². The smallest absolute Gasteiger partial charge is 0.238 e. The molecule has 6 nitrogen and oxygen atoms in total. The number of carbonyl (C=O) groups excluding carboxylic acids is 1. The quantitative estimate of drug-likeness (QED) is 0.833. The first-order valence-electron chi connectivity index (χ1n) is 9.83. The lowest BCUT2D eigenvalue weighted by Crippen LogP contribution is -2.48. The van der Waals surface area contributed by atoms with Crippen molar-refractivity contribution in [2.75, 3.05) is 51.8 Å². The van der Waals surface area contributed by atoms with E-state index < -0.39 is 0 Å². The van der Waals surface area contributed by atoms with E-state index >= 15 is 0 Å². The van der Waals surface area contributed by atoms with Gasteiger partial charge in [-0.15, -0.1) is 0 Å². The first kappa shape index (κ1) is 18.8. The van der Waals surface area contributed by atoms with Crippen LogP contribution in [-0.4, -0.2) is 62.1 Å². The van der Waals surface area contributed by atoms with Crippen LogP contribution in [0, 0.1) is 0 Å². The molecule has 0 unspecified atom stereocenters. The Kier molecular flexibility index (Phi) is 5.78. The molecule has 0 radical (unpaired) electrons. The number of ether oxygens (including phenoxy) is 2. The van der Waals surface area contributed by atoms with Gasteiger partial charge in [-0.05, 0) is 29.3 Å². The second-order valence-electron chi connectivity index (χ2n) is 7.37. The van der Waals surface area contributed by atoms with Crippen LogP contribution in [0.3, 0.4) is 0 Å². The number of nitrogens with zero attached hydrogens (tertiary/aromatic N) is 2. The van der Waals surface area contributed by atoms with Crippen LogP contribution in [0.4, 0.5) is 5.69 Å². The van der Waals surface area contributed by atoms with Gasteiger partial charge in [-0.3, -0.25) is 14.6 Å². The van der Waals surface area contributed by atoms with Crippen molar-refractivity contribution in [3.63, 3.8) is 0 Å². The van der Waals surface area contributed by atoms with Gasteiger partial charge in [0.25, 0.3) is 0 Å². The number of fused-ring (bicyclic) bond motifs is 1. The number of hydrogen-bond donors (Lipinski definition) is 1. The molecule has 148 valence electrons. The SMILES string of the molecule is COc1cccc(NC(=O)CN2CCN(Cc3ccc4c(c3)CCO4)CC2)c1. The predicted octanol–water partition coefficient (Wildman–Crippen LogP) is 2.39. The Hall–Kier alpha value is -2.57. The van der Waals surface area contributed by atoms with Gasteiger partial charge in [-0.1, -0.05) is 18.2 Å². The highest BCUT2D eigenvalue weighted by Gasteiger charge is 2.20. The summed E-state index contributed by atoms with van der Waals surface area (Å²) >= 11 is 0. The van der Waals surface area contributed by atoms with Gasteiger partial charge in [0.15, 0.2) is 0 Å². The summed E-state index contributed by atoms with van der Waals surface area (Å²) in [4.78, 5) is 17.0. The fourth-order valence-electron chi connectivity index (χ4n) is 3.81. The van der Waals surface area contributed by atoms with E-state index in [1.165, 1.54) is 11.1 Å². The topological polar surface area (TPSA) is 54.0 Å². The van der Waals surface area contributed by atoms with Crippen LogP contribution in [0.15, 0.2) is 42.5 Å². The van der Waals surface area contributed by atoms with Crippen LogP contribution >= 0.6 is 0 Å². The summed E-state index contributed by atoms with van der Waals surface area (Å²) in [5, 5.41) is 2.95. The van der Waals surface area contributed by atoms with Crippen molar-refractivity contribution in [2.45, 2.75) is 13.0 Å². The Labute approximate surface area is 166 Å². The zero-order chi connectivity index (χ0) is 19.3. The van der Waals surface area contributed by atoms with E-state index in [2.05, 4.69) is 33.3 Å². The zero-order valence-corrected chi connectivity index (χ0v) is 16.3. The first-order chi connectivity index (χ1) is 13.7. The minimum Gasteiger partial charge on any atom is -0.497 e. The van der Waals surface area contributed by atoms with Gasteiger partial charge in [0, 0.05) is 50.9 Å². The molecule has 1 fully saturated rings. The molecule has 2 aliphatic heterocycles. The highest BCUT2D eigenvalue weighted by Crippen LogP contribution is 2.26. The number of benzene rings is 2. The number of carbonyl (C=O) groups is 1. The Morgan fingerprint density at radius 1 is 1.11 bits per heavy atom. The van der Waals surface area contributed by atoms with Gasteiger partial charge in [-0.2, -0.15) is 0 Å². The fourth-order valence-corrected chi connectivity index (χ4v) is 3.81. The van der Waals surface area contributed by atoms with Crippen molar-refractivity contribution in [1.82, 2.24) is 9.80 Å². The molecule has 2 aromatic carbocycles. The molecular weight excluding hydrogens is 354 g/mol. The van der Waals surface area contributed by atoms with Crippen LogP contribution in [-0.2, 0) is 17.8 Å². The molecule has 2 aromatic rings. The van der Waals surface area contributed by atoms with Crippen molar-refractivity contribution < 1.29 is 14.3 Å². The van der Waals surface area contributed by atoms with E-state index in [-0.39, 0.29) is 5.91 Å². The zero-order valence-electron chi connectivity index (χ0n) is 16.3. The summed E-state index contributed by atoms with van der Waals surface area (Å²) in [5.41, 5.74) is 3.43. The van der Waals surface area contributed by atoms with Crippen LogP contribution < -0.4 is 14.8 Å². The van der Waals surface area contributed by atoms with Crippen molar-refractivity contribution >= 4 is 11.6 Å². The lowest BCUT2D eigenvalue weighted by molar-refractivity contribution is -0.117. The van der Waals surface area contributed by atoms with Crippen LogP contribution in [0.5, 0.6) is 11.5 Å². The summed E-state index contributed by atoms with van der Waals surface area (Å²) in [6.07, 6.45) is 1.01. The standard InChI is InChI=1S/C22H27N3O3/c1-27-20-4-2-3-19(14-20)23-22(26)16-25-10-8-24(9-11-25)15-17-5-6-21-18(13-17)7-12-28-21/h2-6,13-14H,7-12,15-16H2,1H3,(H,23,26). The number of anilines is 1. The van der Waals surface area contributed by atoms with Crippen LogP contribution in [0.25, 0.3) is 0 Å². The van der Waals surface area contributed by atoms with Crippen LogP contribution in [0.2, 0.25) is 0 Å². The molecule has 1 saturated heterocycles. The van der Waals surface area contributed by atoms with Crippen molar-refractivity contribution in [2.24, 2.45) is 0 Å². The number of piperazine rings is 1. The molecule has 4 rings (SSSR count). The molecule has 2 heterocycles. The first-order valence-corrected chi connectivity index (χ1v) is 9.83. The molecule has 0 bridgehead atoms. The molecule has 0 atom stereocenters. The highest BCUT2D eigenvalue weighted by atomic mass is 16.5. The third-order valence-corrected chi connectivity index (χ3v) is 5.35. The Bertz CT molecular complexity index is 832. The van der Waals surface area contributed by atoms with Crippen LogP contribution in [0.1, 0.15) is 11.1 Å². The number of methoxy groups -OCH3 is 1. The highest BCUT2D eigenvalue weighted by molar-refractivity contribution is 5.92. The molecule has 6 heteroatoms. The van der Waals surface area contributed by atoms with E-state index in [0.717, 1.165) is 62.9 Å². The third-order valence-electron chi connectivity index (χ3n) is 5.35. The number of rotatable bonds is 6. The fraction of sp³-hybridized carbons (Fsp3) is 0.409. The van der Waals surface area contributed by atoms with E-state index in [0.29, 0.717) is 6.54 Å². The summed E-state index contributed by atoms with van der Waals surface area (Å²) in [6, 6.07) is 14.0. The number of hydrogen-bond acceptors (Lipinski definition) is 5. The maximum atomic E-state index is 12.3. The molecule has 0 aliphatic carbocycles. The minimum absolute atomic E-state index is 0.0142. The predicted molar refractivity (Wildman–Crippen MR) is 109 cm³/mol. The average molecular weight is 381 g/mol. The summed E-state index contributed by atoms with van der Waals surface area (Å²) in [7, 11) is 1.62. The molecule has 28 heavy (non-hydrogen) atoms. The second-order valence-corrected chi connectivity index (χ2v) is 7.37. The number of nitrogens with one attached hydrogen (secondary N) is 1. The average Bonchev–Trinajstić information content (AvgIpc) is 3.17. The molecule has 0 saturated carbocycles. The second kappa shape index (κ2) is 8.63. The van der Waals surface area contributed by atoms with Crippen molar-refractivity contribution in [3.8, 4) is 11.5 Å². The Balaban J connectivity index is 1.23. The molecule has 2 aliphatic rings. The lowest BCUT2D eigenvalue weighted by atomic mass is 10.1. The minimum atomic E-state index is 0.0142. The van der Waals surface area contributed by atoms with Crippen molar-refractivity contribution in [1.29, 1.82) is 0 Å². The summed E-state index contributed by atoms with van der Waals surface area (Å²) in [5.74, 6) is 1.79. The lowest BCUT2D eigenvalue weighted by Gasteiger charge is -2.34. The van der Waals surface area contributed by atoms with Gasteiger partial charge in [0.2, 0.25) is 5.91 Å². The van der Waals surface area contributed by atoms with Gasteiger partial charge in [0.1, 0.15) is 11.5 Å². The normalized spacial score (nSPS) is 17.0. The largest absolute Gasteiger partial charge is 0.497 e. The third kappa shape index (κ3) is 4.64. The molecule has 0 spiro atoms. The Morgan fingerprint density at radius 3 is 2.75 bits per heavy atom. The monoisotopic (exact) mass is 381 g/mol. The van der Waals surface area contributed by atoms with E-state index in [1.807, 2.05) is 24.3 Å². The molecule has 1 N–H and O–H groups in total. The van der Waals surface area contributed by atoms with Gasteiger partial charge in [-0.25, -0.2) is 0 Å². The molecule has 0 aromatic heterocycles. The van der Waals surface area contributed by atoms with Gasteiger partial charge in [0.05, 0.1) is 20.3 Å². The van der Waals surface area contributed by atoms with E-state index in [1.54, 1.807) is 7.11 Å². The summed E-state index contributed by atoms with van der Waals surface area (Å²) < 4.78 is 10.8. The Morgan fingerprint density at radius 2 is 1.93 bits per heavy atom. The number of amides is 1. The maximum absolute atomic E-state index is 12.3.